The van der Waals surface area contributed by atoms with Crippen molar-refractivity contribution in [3.05, 3.63) is 18.0 Å². The van der Waals surface area contributed by atoms with Gasteiger partial charge in [0.1, 0.15) is 0 Å². The van der Waals surface area contributed by atoms with Gasteiger partial charge < -0.3 is 5.73 Å². The Bertz CT molecular complexity index is 399. The standard InChI is InChI=1S/C13H22N4/c1-10(2)16-8-12(9-16)17-7-11(6-15-17)5-13(14)3-4-13/h6-7,10,12H,3-5,8-9,14H2,1-2H3. The number of nitrogens with two attached hydrogens (primary N) is 1. The average molecular weight is 234 g/mol. The molecule has 2 fully saturated rings. The molecule has 2 aliphatic rings. The van der Waals surface area contributed by atoms with Crippen molar-refractivity contribution >= 4 is 0 Å². The Hall–Kier alpha value is -0.870. The molecule has 4 nitrogen and oxygen atoms in total. The summed E-state index contributed by atoms with van der Waals surface area (Å²) in [7, 11) is 0. The molecule has 2 N–H and O–H groups in total. The first-order valence-electron chi connectivity index (χ1n) is 6.62. The highest BCUT2D eigenvalue weighted by Crippen LogP contribution is 2.35. The number of aromatic nitrogens is 2. The number of hydrogen-bond donors (Lipinski definition) is 1. The lowest BCUT2D eigenvalue weighted by atomic mass is 10.1. The van der Waals surface area contributed by atoms with Crippen LogP contribution in [-0.4, -0.2) is 39.4 Å². The van der Waals surface area contributed by atoms with Gasteiger partial charge in [0.25, 0.3) is 0 Å². The van der Waals surface area contributed by atoms with Gasteiger partial charge in [-0.3, -0.25) is 9.58 Å². The largest absolute Gasteiger partial charge is 0.325 e. The Kier molecular flexibility index (Phi) is 2.52. The van der Waals surface area contributed by atoms with E-state index in [1.54, 1.807) is 0 Å². The Morgan fingerprint density at radius 3 is 2.76 bits per heavy atom. The lowest BCUT2D eigenvalue weighted by Crippen LogP contribution is -2.51. The van der Waals surface area contributed by atoms with Crippen molar-refractivity contribution in [3.8, 4) is 0 Å². The summed E-state index contributed by atoms with van der Waals surface area (Å²) in [6, 6.07) is 1.22. The van der Waals surface area contributed by atoms with Crippen LogP contribution in [0, 0.1) is 0 Å². The minimum absolute atomic E-state index is 0.0947. The third-order valence-corrected chi connectivity index (χ3v) is 4.10. The van der Waals surface area contributed by atoms with Crippen molar-refractivity contribution in [3.63, 3.8) is 0 Å². The molecule has 0 unspecified atom stereocenters. The maximum atomic E-state index is 6.13. The molecule has 2 heterocycles. The topological polar surface area (TPSA) is 47.1 Å². The molecular formula is C13H22N4. The molecule has 0 atom stereocenters. The lowest BCUT2D eigenvalue weighted by molar-refractivity contribution is 0.0674. The van der Waals surface area contributed by atoms with Crippen LogP contribution in [0.15, 0.2) is 12.4 Å². The lowest BCUT2D eigenvalue weighted by Gasteiger charge is -2.41. The Balaban J connectivity index is 1.58. The predicted molar refractivity (Wildman–Crippen MR) is 67.8 cm³/mol. The van der Waals surface area contributed by atoms with Gasteiger partial charge in [0.05, 0.1) is 12.2 Å². The van der Waals surface area contributed by atoms with E-state index in [4.69, 9.17) is 5.73 Å². The van der Waals surface area contributed by atoms with Crippen LogP contribution in [0.5, 0.6) is 0 Å². The Labute approximate surface area is 103 Å². The molecule has 0 amide bonds. The van der Waals surface area contributed by atoms with Crippen LogP contribution >= 0.6 is 0 Å². The molecule has 1 aromatic heterocycles. The molecule has 1 aliphatic carbocycles. The highest BCUT2D eigenvalue weighted by Gasteiger charge is 2.38. The van der Waals surface area contributed by atoms with E-state index in [2.05, 4.69) is 34.7 Å². The van der Waals surface area contributed by atoms with Gasteiger partial charge in [0.15, 0.2) is 0 Å². The van der Waals surface area contributed by atoms with E-state index < -0.39 is 0 Å². The highest BCUT2D eigenvalue weighted by atomic mass is 15.4. The zero-order valence-electron chi connectivity index (χ0n) is 10.8. The predicted octanol–water partition coefficient (Wildman–Crippen LogP) is 1.18. The van der Waals surface area contributed by atoms with Crippen LogP contribution in [0.3, 0.4) is 0 Å². The fourth-order valence-corrected chi connectivity index (χ4v) is 2.49. The monoisotopic (exact) mass is 234 g/mol. The summed E-state index contributed by atoms with van der Waals surface area (Å²) in [5.41, 5.74) is 7.52. The molecule has 1 aromatic rings. The molecule has 1 aliphatic heterocycles. The molecule has 3 rings (SSSR count). The van der Waals surface area contributed by atoms with E-state index in [-0.39, 0.29) is 5.54 Å². The van der Waals surface area contributed by atoms with E-state index in [0.29, 0.717) is 12.1 Å². The molecular weight excluding hydrogens is 212 g/mol. The summed E-state index contributed by atoms with van der Waals surface area (Å²) >= 11 is 0. The van der Waals surface area contributed by atoms with E-state index in [1.807, 2.05) is 6.20 Å². The van der Waals surface area contributed by atoms with Gasteiger partial charge in [-0.1, -0.05) is 0 Å². The molecule has 1 saturated heterocycles. The van der Waals surface area contributed by atoms with Gasteiger partial charge in [-0.25, -0.2) is 0 Å². The van der Waals surface area contributed by atoms with Crippen LogP contribution in [0.25, 0.3) is 0 Å². The summed E-state index contributed by atoms with van der Waals surface area (Å²) in [5.74, 6) is 0. The second-order valence-corrected chi connectivity index (χ2v) is 6.07. The maximum absolute atomic E-state index is 6.13. The third-order valence-electron chi connectivity index (χ3n) is 4.10. The minimum Gasteiger partial charge on any atom is -0.325 e. The molecule has 4 heteroatoms. The van der Waals surface area contributed by atoms with E-state index in [0.717, 1.165) is 19.5 Å². The first-order chi connectivity index (χ1) is 8.06. The van der Waals surface area contributed by atoms with Gasteiger partial charge in [-0.05, 0) is 38.7 Å². The smallest absolute Gasteiger partial charge is 0.0773 e. The SMILES string of the molecule is CC(C)N1CC(n2cc(CC3(N)CC3)cn2)C1. The van der Waals surface area contributed by atoms with Crippen molar-refractivity contribution < 1.29 is 0 Å². The normalized spacial score (nSPS) is 24.0. The molecule has 1 saturated carbocycles. The summed E-state index contributed by atoms with van der Waals surface area (Å²) in [6.45, 7) is 6.76. The minimum atomic E-state index is 0.0947. The second-order valence-electron chi connectivity index (χ2n) is 6.07. The summed E-state index contributed by atoms with van der Waals surface area (Å²) in [4.78, 5) is 2.47. The molecule has 0 bridgehead atoms. The number of rotatable bonds is 4. The summed E-state index contributed by atoms with van der Waals surface area (Å²) < 4.78 is 2.12. The Morgan fingerprint density at radius 2 is 2.18 bits per heavy atom. The van der Waals surface area contributed by atoms with Crippen molar-refractivity contribution in [2.45, 2.75) is 50.7 Å². The molecule has 0 radical (unpaired) electrons. The summed E-state index contributed by atoms with van der Waals surface area (Å²) in [6.07, 6.45) is 7.51. The second kappa shape index (κ2) is 3.82. The van der Waals surface area contributed by atoms with E-state index in [9.17, 15) is 0 Å². The van der Waals surface area contributed by atoms with Crippen LogP contribution in [0.1, 0.15) is 38.3 Å². The highest BCUT2D eigenvalue weighted by molar-refractivity contribution is 5.15. The van der Waals surface area contributed by atoms with Gasteiger partial charge in [0.2, 0.25) is 0 Å². The number of likely N-dealkylation sites (tertiary alicyclic amines) is 1. The molecule has 0 aromatic carbocycles. The first-order valence-corrected chi connectivity index (χ1v) is 6.62. The van der Waals surface area contributed by atoms with E-state index in [1.165, 1.54) is 18.4 Å². The van der Waals surface area contributed by atoms with Crippen molar-refractivity contribution in [2.24, 2.45) is 5.73 Å². The fourth-order valence-electron chi connectivity index (χ4n) is 2.49. The molecule has 0 spiro atoms. The van der Waals surface area contributed by atoms with Crippen LogP contribution < -0.4 is 5.73 Å². The number of nitrogens with zero attached hydrogens (tertiary/aromatic N) is 3. The zero-order chi connectivity index (χ0) is 12.0. The average Bonchev–Trinajstić information content (AvgIpc) is 2.71. The van der Waals surface area contributed by atoms with Gasteiger partial charge >= 0.3 is 0 Å². The van der Waals surface area contributed by atoms with Crippen molar-refractivity contribution in [2.75, 3.05) is 13.1 Å². The fraction of sp³-hybridized carbons (Fsp3) is 0.769. The van der Waals surface area contributed by atoms with Crippen LogP contribution in [-0.2, 0) is 6.42 Å². The van der Waals surface area contributed by atoms with Gasteiger partial charge in [0, 0.05) is 30.9 Å². The number of hydrogen-bond acceptors (Lipinski definition) is 3. The first kappa shape index (κ1) is 11.2. The molecule has 94 valence electrons. The van der Waals surface area contributed by atoms with Crippen LogP contribution in [0.4, 0.5) is 0 Å². The maximum Gasteiger partial charge on any atom is 0.0773 e. The van der Waals surface area contributed by atoms with Crippen LogP contribution in [0.2, 0.25) is 0 Å². The van der Waals surface area contributed by atoms with Gasteiger partial charge in [-0.2, -0.15) is 5.10 Å². The summed E-state index contributed by atoms with van der Waals surface area (Å²) in [5, 5.41) is 4.48. The molecule has 17 heavy (non-hydrogen) atoms. The van der Waals surface area contributed by atoms with Crippen molar-refractivity contribution in [1.82, 2.24) is 14.7 Å². The van der Waals surface area contributed by atoms with E-state index >= 15 is 0 Å². The quantitative estimate of drug-likeness (QED) is 0.851. The van der Waals surface area contributed by atoms with Crippen molar-refractivity contribution in [1.29, 1.82) is 0 Å². The zero-order valence-corrected chi connectivity index (χ0v) is 10.8. The third kappa shape index (κ3) is 2.24. The van der Waals surface area contributed by atoms with Gasteiger partial charge in [-0.15, -0.1) is 0 Å². The Morgan fingerprint density at radius 1 is 1.47 bits per heavy atom.